The molecule has 0 amide bonds. The van der Waals surface area contributed by atoms with E-state index >= 15 is 0 Å². The van der Waals surface area contributed by atoms with Crippen LogP contribution in [-0.2, 0) is 0 Å². The molecule has 7 heteroatoms. The van der Waals surface area contributed by atoms with Crippen molar-refractivity contribution in [2.24, 2.45) is 20.0 Å². The lowest BCUT2D eigenvalue weighted by atomic mass is 10.2. The van der Waals surface area contributed by atoms with Crippen molar-refractivity contribution in [1.29, 1.82) is 0 Å². The van der Waals surface area contributed by atoms with Crippen molar-refractivity contribution in [3.8, 4) is 0 Å². The Morgan fingerprint density at radius 2 is 2.19 bits per heavy atom. The third-order valence-corrected chi connectivity index (χ3v) is 2.54. The van der Waals surface area contributed by atoms with Gasteiger partial charge in [-0.25, -0.2) is 15.0 Å². The van der Waals surface area contributed by atoms with Gasteiger partial charge in [0.15, 0.2) is 11.9 Å². The molecule has 2 aliphatic heterocycles. The predicted molar refractivity (Wildman–Crippen MR) is 68.1 cm³/mol. The summed E-state index contributed by atoms with van der Waals surface area (Å²) in [6, 6.07) is -0.313. The number of nitrogens with zero attached hydrogens (tertiary/aromatic N) is 4. The second-order valence-corrected chi connectivity index (χ2v) is 4.11. The van der Waals surface area contributed by atoms with Crippen LogP contribution in [0.4, 0.5) is 0 Å². The normalized spacial score (nSPS) is 25.8. The van der Waals surface area contributed by atoms with Crippen LogP contribution >= 0.6 is 23.2 Å². The first-order chi connectivity index (χ1) is 7.70. The zero-order valence-corrected chi connectivity index (χ0v) is 10.3. The van der Waals surface area contributed by atoms with Crippen LogP contribution in [0.15, 0.2) is 20.0 Å². The molecule has 0 aliphatic carbocycles. The molecule has 2 aliphatic rings. The van der Waals surface area contributed by atoms with Gasteiger partial charge in [0.05, 0.1) is 0 Å². The summed E-state index contributed by atoms with van der Waals surface area (Å²) in [4.78, 5) is 16.6. The highest BCUT2D eigenvalue weighted by Gasteiger charge is 2.31. The van der Waals surface area contributed by atoms with Gasteiger partial charge < -0.3 is 5.32 Å². The largest absolute Gasteiger partial charge is 0.316 e. The molecule has 0 aromatic carbocycles. The van der Waals surface area contributed by atoms with E-state index < -0.39 is 0 Å². The molecule has 86 valence electrons. The first kappa shape index (κ1) is 11.5. The van der Waals surface area contributed by atoms with Gasteiger partial charge in [0, 0.05) is 6.54 Å². The molecule has 0 saturated carbocycles. The van der Waals surface area contributed by atoms with Crippen molar-refractivity contribution in [2.45, 2.75) is 25.8 Å². The lowest BCUT2D eigenvalue weighted by Gasteiger charge is -2.17. The van der Waals surface area contributed by atoms with Crippen molar-refractivity contribution >= 4 is 45.5 Å². The average Bonchev–Trinajstić information content (AvgIpc) is 2.58. The molecule has 2 rings (SSSR count). The number of amidine groups is 4. The second kappa shape index (κ2) is 4.93. The van der Waals surface area contributed by atoms with Crippen LogP contribution in [0.3, 0.4) is 0 Å². The maximum Gasteiger partial charge on any atom is 0.220 e. The topological polar surface area (TPSA) is 61.5 Å². The van der Waals surface area contributed by atoms with Crippen molar-refractivity contribution in [3.05, 3.63) is 0 Å². The Kier molecular flexibility index (Phi) is 3.56. The monoisotopic (exact) mass is 259 g/mol. The molecular weight excluding hydrogens is 249 g/mol. The molecule has 0 aromatic rings. The van der Waals surface area contributed by atoms with E-state index in [0.717, 1.165) is 19.4 Å². The smallest absolute Gasteiger partial charge is 0.220 e. The number of halogens is 2. The lowest BCUT2D eigenvalue weighted by molar-refractivity contribution is 0.803. The van der Waals surface area contributed by atoms with Gasteiger partial charge in [-0.2, -0.15) is 0 Å². The maximum absolute atomic E-state index is 5.82. The van der Waals surface area contributed by atoms with E-state index in [0.29, 0.717) is 11.7 Å². The summed E-state index contributed by atoms with van der Waals surface area (Å²) >= 11 is 11.6. The first-order valence-corrected chi connectivity index (χ1v) is 5.83. The molecule has 0 fully saturated rings. The molecule has 5 nitrogen and oxygen atoms in total. The standard InChI is InChI=1S/C9H11Cl2N5/c1-2-3-4-12-6-5-7(15-8(10)13-5)16-9(11)14-6/h5H,2-4H2,1H3,(H,12,13,14,15,16). The maximum atomic E-state index is 5.82. The molecule has 0 saturated heterocycles. The highest BCUT2D eigenvalue weighted by atomic mass is 35.5. The number of aliphatic imine (C=N–C) groups is 4. The number of hydrogen-bond acceptors (Lipinski definition) is 4. The van der Waals surface area contributed by atoms with Gasteiger partial charge in [-0.1, -0.05) is 13.3 Å². The zero-order chi connectivity index (χ0) is 11.5. The minimum atomic E-state index is -0.313. The zero-order valence-electron chi connectivity index (χ0n) is 8.74. The molecule has 0 bridgehead atoms. The van der Waals surface area contributed by atoms with Gasteiger partial charge >= 0.3 is 0 Å². The summed E-state index contributed by atoms with van der Waals surface area (Å²) in [5, 5.41) is 3.28. The third-order valence-electron chi connectivity index (χ3n) is 2.18. The van der Waals surface area contributed by atoms with Crippen LogP contribution in [0.1, 0.15) is 19.8 Å². The van der Waals surface area contributed by atoms with Crippen molar-refractivity contribution in [2.75, 3.05) is 6.54 Å². The van der Waals surface area contributed by atoms with Gasteiger partial charge in [-0.15, -0.1) is 0 Å². The Hall–Kier alpha value is -0.940. The molecule has 0 spiro atoms. The molecular formula is C9H11Cl2N5. The third kappa shape index (κ3) is 2.41. The fourth-order valence-electron chi connectivity index (χ4n) is 1.40. The van der Waals surface area contributed by atoms with Crippen molar-refractivity contribution < 1.29 is 0 Å². The molecule has 1 atom stereocenters. The van der Waals surface area contributed by atoms with E-state index in [1.54, 1.807) is 0 Å². The quantitative estimate of drug-likeness (QED) is 0.610. The number of nitrogens with one attached hydrogen (secondary N) is 1. The van der Waals surface area contributed by atoms with E-state index in [-0.39, 0.29) is 16.6 Å². The highest BCUT2D eigenvalue weighted by Crippen LogP contribution is 2.14. The number of rotatable bonds is 3. The van der Waals surface area contributed by atoms with Gasteiger partial charge in [0.1, 0.15) is 5.84 Å². The van der Waals surface area contributed by atoms with Gasteiger partial charge in [0.2, 0.25) is 10.6 Å². The van der Waals surface area contributed by atoms with Crippen LogP contribution in [0.2, 0.25) is 0 Å². The molecule has 0 aromatic heterocycles. The van der Waals surface area contributed by atoms with E-state index in [1.165, 1.54) is 0 Å². The number of unbranched alkanes of at least 4 members (excludes halogenated alkanes) is 1. The number of hydrogen-bond donors (Lipinski definition) is 1. The summed E-state index contributed by atoms with van der Waals surface area (Å²) in [5.41, 5.74) is 0. The Labute approximate surface area is 103 Å². The SMILES string of the molecule is CCCCN=C1N=C(Cl)NC2=NC(Cl)=NC12. The summed E-state index contributed by atoms with van der Waals surface area (Å²) < 4.78 is 0. The fourth-order valence-corrected chi connectivity index (χ4v) is 1.77. The molecule has 1 unspecified atom stereocenters. The summed E-state index contributed by atoms with van der Waals surface area (Å²) in [6.45, 7) is 2.83. The van der Waals surface area contributed by atoms with E-state index in [4.69, 9.17) is 23.2 Å². The van der Waals surface area contributed by atoms with Gasteiger partial charge in [0.25, 0.3) is 0 Å². The van der Waals surface area contributed by atoms with Crippen LogP contribution in [0.25, 0.3) is 0 Å². The summed E-state index contributed by atoms with van der Waals surface area (Å²) in [7, 11) is 0. The van der Waals surface area contributed by atoms with Crippen molar-refractivity contribution in [1.82, 2.24) is 5.32 Å². The predicted octanol–water partition coefficient (Wildman–Crippen LogP) is 1.76. The molecule has 0 radical (unpaired) electrons. The highest BCUT2D eigenvalue weighted by molar-refractivity contribution is 6.70. The van der Waals surface area contributed by atoms with Crippen LogP contribution in [0.5, 0.6) is 0 Å². The Balaban J connectivity index is 2.20. The molecule has 1 N–H and O–H groups in total. The van der Waals surface area contributed by atoms with Crippen LogP contribution < -0.4 is 5.32 Å². The minimum absolute atomic E-state index is 0.206. The van der Waals surface area contributed by atoms with E-state index in [9.17, 15) is 0 Å². The summed E-state index contributed by atoms with van der Waals surface area (Å²) in [5.74, 6) is 1.17. The Morgan fingerprint density at radius 3 is 2.94 bits per heavy atom. The van der Waals surface area contributed by atoms with Crippen LogP contribution in [0, 0.1) is 0 Å². The molecule has 2 heterocycles. The molecule has 16 heavy (non-hydrogen) atoms. The van der Waals surface area contributed by atoms with Gasteiger partial charge in [-0.05, 0) is 29.6 Å². The minimum Gasteiger partial charge on any atom is -0.316 e. The average molecular weight is 260 g/mol. The van der Waals surface area contributed by atoms with Crippen molar-refractivity contribution in [3.63, 3.8) is 0 Å². The first-order valence-electron chi connectivity index (χ1n) is 5.08. The second-order valence-electron chi connectivity index (χ2n) is 3.42. The number of fused-ring (bicyclic) bond motifs is 1. The Morgan fingerprint density at radius 1 is 1.38 bits per heavy atom. The summed E-state index contributed by atoms with van der Waals surface area (Å²) in [6.07, 6.45) is 2.10. The van der Waals surface area contributed by atoms with Crippen LogP contribution in [-0.4, -0.2) is 34.8 Å². The fraction of sp³-hybridized carbons (Fsp3) is 0.556. The van der Waals surface area contributed by atoms with E-state index in [1.807, 2.05) is 0 Å². The van der Waals surface area contributed by atoms with E-state index in [2.05, 4.69) is 32.2 Å². The Bertz CT molecular complexity index is 410. The lowest BCUT2D eigenvalue weighted by Crippen LogP contribution is -2.43. The van der Waals surface area contributed by atoms with Gasteiger partial charge in [-0.3, -0.25) is 4.99 Å².